The summed E-state index contributed by atoms with van der Waals surface area (Å²) in [7, 11) is 3.61. The van der Waals surface area contributed by atoms with E-state index in [1.807, 2.05) is 25.3 Å². The van der Waals surface area contributed by atoms with Crippen molar-refractivity contribution in [3.63, 3.8) is 0 Å². The van der Waals surface area contributed by atoms with Gasteiger partial charge in [0, 0.05) is 42.0 Å². The van der Waals surface area contributed by atoms with E-state index in [4.69, 9.17) is 14.2 Å². The van der Waals surface area contributed by atoms with E-state index >= 15 is 0 Å². The van der Waals surface area contributed by atoms with E-state index < -0.39 is 11.7 Å². The van der Waals surface area contributed by atoms with Crippen LogP contribution in [0.25, 0.3) is 0 Å². The highest BCUT2D eigenvalue weighted by atomic mass is 16.6. The lowest BCUT2D eigenvalue weighted by Crippen LogP contribution is -2.81. The molecule has 0 amide bonds. The highest BCUT2D eigenvalue weighted by Crippen LogP contribution is 2.77. The lowest BCUT2D eigenvalue weighted by Gasteiger charge is -2.74. The number of hydrogen-bond donors (Lipinski definition) is 1. The minimum absolute atomic E-state index is 0.0120. The van der Waals surface area contributed by atoms with Crippen LogP contribution in [-0.4, -0.2) is 55.1 Å². The van der Waals surface area contributed by atoms with Gasteiger partial charge in [0.25, 0.3) is 0 Å². The molecule has 5 nitrogen and oxygen atoms in total. The molecule has 36 heavy (non-hydrogen) atoms. The quantitative estimate of drug-likeness (QED) is 0.643. The van der Waals surface area contributed by atoms with Crippen LogP contribution in [0.5, 0.6) is 11.5 Å². The standard InChI is InChI=1S/C31H37NO4/c1-34-23-11-10-21-16-24-29-12-13-31(35-2,22(17-29)26(33)20-6-4-3-5-7-20)28-30(29,25(21)27(23)36-28)14-15-32(24)18-19-8-9-19/h3-7,10-11,19,22,24,26,28,33H,8-9,12-18H2,1-2H3/t22?,24-,26?,28-,29-,30+,31-/m1/s1. The molecule has 2 unspecified atom stereocenters. The van der Waals surface area contributed by atoms with Gasteiger partial charge in [0.2, 0.25) is 0 Å². The van der Waals surface area contributed by atoms with Crippen molar-refractivity contribution in [2.45, 2.75) is 74.2 Å². The number of nitrogens with zero attached hydrogens (tertiary/aromatic N) is 1. The van der Waals surface area contributed by atoms with Crippen LogP contribution >= 0.6 is 0 Å². The van der Waals surface area contributed by atoms with Gasteiger partial charge < -0.3 is 19.3 Å². The SMILES string of the molecule is COc1ccc2c3c1O[C@@H]1[C@]34CCN(CC3CC3)[C@H](C2)[C@]42CC[C@@]1(OC)C(C(O)c1ccccc1)C2. The minimum atomic E-state index is -0.575. The summed E-state index contributed by atoms with van der Waals surface area (Å²) in [5, 5.41) is 11.9. The Balaban J connectivity index is 1.34. The third-order valence-electron chi connectivity index (χ3n) is 11.4. The van der Waals surface area contributed by atoms with Crippen molar-refractivity contribution in [3.05, 3.63) is 59.2 Å². The summed E-state index contributed by atoms with van der Waals surface area (Å²) in [6.07, 6.45) is 7.33. The number of fused-ring (bicyclic) bond motifs is 2. The molecule has 1 N–H and O–H groups in total. The summed E-state index contributed by atoms with van der Waals surface area (Å²) in [6.45, 7) is 2.36. The Bertz CT molecular complexity index is 1210. The second kappa shape index (κ2) is 7.27. The molecule has 0 aromatic heterocycles. The molecule has 5 heteroatoms. The summed E-state index contributed by atoms with van der Waals surface area (Å²) in [5.41, 5.74) is 3.33. The fourth-order valence-electron chi connectivity index (χ4n) is 9.85. The fourth-order valence-corrected chi connectivity index (χ4v) is 9.85. The first kappa shape index (κ1) is 22.0. The normalized spacial score (nSPS) is 40.5. The van der Waals surface area contributed by atoms with Crippen LogP contribution in [0.2, 0.25) is 0 Å². The number of aliphatic hydroxyl groups is 1. The van der Waals surface area contributed by atoms with Gasteiger partial charge in [-0.15, -0.1) is 0 Å². The summed E-state index contributed by atoms with van der Waals surface area (Å²) in [5.74, 6) is 2.66. The van der Waals surface area contributed by atoms with Gasteiger partial charge in [0.15, 0.2) is 11.5 Å². The summed E-state index contributed by atoms with van der Waals surface area (Å²) in [6, 6.07) is 15.1. The van der Waals surface area contributed by atoms with E-state index in [2.05, 4.69) is 29.2 Å². The van der Waals surface area contributed by atoms with E-state index in [0.29, 0.717) is 6.04 Å². The number of benzene rings is 2. The number of piperidine rings is 1. The van der Waals surface area contributed by atoms with Gasteiger partial charge >= 0.3 is 0 Å². The lowest BCUT2D eigenvalue weighted by atomic mass is 9.34. The molecule has 1 saturated heterocycles. The molecule has 2 aromatic carbocycles. The van der Waals surface area contributed by atoms with Gasteiger partial charge in [-0.05, 0) is 74.6 Å². The first-order chi connectivity index (χ1) is 17.6. The van der Waals surface area contributed by atoms with Crippen LogP contribution in [0, 0.1) is 17.3 Å². The Morgan fingerprint density at radius 3 is 2.67 bits per heavy atom. The molecular weight excluding hydrogens is 450 g/mol. The van der Waals surface area contributed by atoms with Gasteiger partial charge in [-0.1, -0.05) is 36.4 Å². The van der Waals surface area contributed by atoms with Crippen molar-refractivity contribution in [2.75, 3.05) is 27.3 Å². The number of ether oxygens (including phenoxy) is 3. The number of methoxy groups -OCH3 is 2. The zero-order valence-electron chi connectivity index (χ0n) is 21.4. The summed E-state index contributed by atoms with van der Waals surface area (Å²) >= 11 is 0. The monoisotopic (exact) mass is 487 g/mol. The molecule has 4 bridgehead atoms. The molecule has 7 aliphatic rings. The van der Waals surface area contributed by atoms with Gasteiger partial charge in [0.05, 0.1) is 13.2 Å². The number of aliphatic hydroxyl groups excluding tert-OH is 1. The number of rotatable bonds is 6. The molecule has 0 radical (unpaired) electrons. The van der Waals surface area contributed by atoms with Crippen LogP contribution in [0.1, 0.15) is 61.3 Å². The maximum atomic E-state index is 11.9. The first-order valence-electron chi connectivity index (χ1n) is 14.0. The Morgan fingerprint density at radius 1 is 1.08 bits per heavy atom. The van der Waals surface area contributed by atoms with Crippen LogP contribution in [0.4, 0.5) is 0 Å². The Morgan fingerprint density at radius 2 is 1.92 bits per heavy atom. The van der Waals surface area contributed by atoms with Gasteiger partial charge in [0.1, 0.15) is 11.7 Å². The van der Waals surface area contributed by atoms with Crippen molar-refractivity contribution < 1.29 is 19.3 Å². The molecule has 2 spiro atoms. The second-order valence-electron chi connectivity index (χ2n) is 12.5. The van der Waals surface area contributed by atoms with Crippen molar-refractivity contribution >= 4 is 0 Å². The van der Waals surface area contributed by atoms with E-state index in [9.17, 15) is 5.11 Å². The Kier molecular flexibility index (Phi) is 4.43. The molecule has 2 heterocycles. The Hall–Kier alpha value is -2.08. The fraction of sp³-hybridized carbons (Fsp3) is 0.613. The molecule has 190 valence electrons. The average Bonchev–Trinajstić information content (AvgIpc) is 3.67. The highest BCUT2D eigenvalue weighted by Gasteiger charge is 2.81. The van der Waals surface area contributed by atoms with E-state index in [1.165, 1.54) is 30.5 Å². The predicted molar refractivity (Wildman–Crippen MR) is 136 cm³/mol. The first-order valence-corrected chi connectivity index (χ1v) is 14.0. The molecule has 2 aromatic rings. The molecule has 5 aliphatic carbocycles. The third-order valence-corrected chi connectivity index (χ3v) is 11.4. The van der Waals surface area contributed by atoms with Crippen LogP contribution in [0.15, 0.2) is 42.5 Å². The Labute approximate surface area is 213 Å². The van der Waals surface area contributed by atoms with Crippen LogP contribution in [-0.2, 0) is 16.6 Å². The van der Waals surface area contributed by atoms with Gasteiger partial charge in [-0.25, -0.2) is 0 Å². The molecule has 4 saturated carbocycles. The van der Waals surface area contributed by atoms with E-state index in [0.717, 1.165) is 61.6 Å². The topological polar surface area (TPSA) is 51.2 Å². The predicted octanol–water partition coefficient (Wildman–Crippen LogP) is 4.65. The van der Waals surface area contributed by atoms with Gasteiger partial charge in [-0.3, -0.25) is 4.90 Å². The summed E-state index contributed by atoms with van der Waals surface area (Å²) < 4.78 is 19.6. The largest absolute Gasteiger partial charge is 0.493 e. The molecule has 9 rings (SSSR count). The zero-order chi connectivity index (χ0) is 24.3. The molecular formula is C31H37NO4. The maximum absolute atomic E-state index is 11.9. The molecule has 7 atom stereocenters. The number of hydrogen-bond acceptors (Lipinski definition) is 5. The van der Waals surface area contributed by atoms with E-state index in [1.54, 1.807) is 7.11 Å². The zero-order valence-corrected chi connectivity index (χ0v) is 21.4. The number of likely N-dealkylation sites (tertiary alicyclic amines) is 1. The highest BCUT2D eigenvalue weighted by molar-refractivity contribution is 5.63. The van der Waals surface area contributed by atoms with Crippen molar-refractivity contribution in [2.24, 2.45) is 17.3 Å². The average molecular weight is 488 g/mol. The van der Waals surface area contributed by atoms with Crippen LogP contribution in [0.3, 0.4) is 0 Å². The van der Waals surface area contributed by atoms with Crippen molar-refractivity contribution in [1.82, 2.24) is 4.90 Å². The molecule has 5 fully saturated rings. The van der Waals surface area contributed by atoms with Crippen LogP contribution < -0.4 is 9.47 Å². The minimum Gasteiger partial charge on any atom is -0.493 e. The smallest absolute Gasteiger partial charge is 0.165 e. The van der Waals surface area contributed by atoms with Crippen molar-refractivity contribution in [3.8, 4) is 11.5 Å². The maximum Gasteiger partial charge on any atom is 0.165 e. The molecule has 2 aliphatic heterocycles. The van der Waals surface area contributed by atoms with E-state index in [-0.39, 0.29) is 22.9 Å². The third kappa shape index (κ3) is 2.44. The second-order valence-corrected chi connectivity index (χ2v) is 12.5. The summed E-state index contributed by atoms with van der Waals surface area (Å²) in [4.78, 5) is 2.85. The van der Waals surface area contributed by atoms with Crippen molar-refractivity contribution in [1.29, 1.82) is 0 Å². The lowest BCUT2D eigenvalue weighted by molar-refractivity contribution is -0.291. The van der Waals surface area contributed by atoms with Gasteiger partial charge in [-0.2, -0.15) is 0 Å².